The van der Waals surface area contributed by atoms with Crippen molar-refractivity contribution in [3.63, 3.8) is 0 Å². The number of anilines is 3. The van der Waals surface area contributed by atoms with Gasteiger partial charge in [-0.15, -0.1) is 0 Å². The predicted octanol–water partition coefficient (Wildman–Crippen LogP) is 2.94. The molecule has 0 aliphatic carbocycles. The van der Waals surface area contributed by atoms with Crippen molar-refractivity contribution in [3.8, 4) is 6.07 Å². The summed E-state index contributed by atoms with van der Waals surface area (Å²) >= 11 is 0. The maximum absolute atomic E-state index is 12.6. The summed E-state index contributed by atoms with van der Waals surface area (Å²) in [6.45, 7) is 1.80. The third-order valence-corrected chi connectivity index (χ3v) is 4.89. The van der Waals surface area contributed by atoms with E-state index < -0.39 is 5.91 Å². The number of nitriles is 1. The Morgan fingerprint density at radius 3 is 2.50 bits per heavy atom. The van der Waals surface area contributed by atoms with Crippen molar-refractivity contribution < 1.29 is 9.59 Å². The van der Waals surface area contributed by atoms with Gasteiger partial charge < -0.3 is 20.9 Å². The van der Waals surface area contributed by atoms with E-state index in [2.05, 4.69) is 5.32 Å². The van der Waals surface area contributed by atoms with Gasteiger partial charge in [-0.25, -0.2) is 0 Å². The smallest absolute Gasteiger partial charge is 0.263 e. The molecular weight excluding hydrogens is 378 g/mol. The van der Waals surface area contributed by atoms with Crippen molar-refractivity contribution in [2.75, 3.05) is 30.3 Å². The number of hydrogen-bond acceptors (Lipinski definition) is 5. The zero-order valence-corrected chi connectivity index (χ0v) is 16.8. The number of para-hydroxylation sites is 1. The lowest BCUT2D eigenvalue weighted by Gasteiger charge is -2.21. The zero-order valence-electron chi connectivity index (χ0n) is 16.8. The number of amides is 2. The molecule has 1 fully saturated rings. The first-order chi connectivity index (χ1) is 14.6. The van der Waals surface area contributed by atoms with Crippen molar-refractivity contribution in [2.45, 2.75) is 19.3 Å². The van der Waals surface area contributed by atoms with Crippen molar-refractivity contribution >= 4 is 28.9 Å². The number of benzene rings is 2. The van der Waals surface area contributed by atoms with E-state index in [1.807, 2.05) is 53.4 Å². The van der Waals surface area contributed by atoms with Crippen LogP contribution in [-0.4, -0.2) is 36.3 Å². The summed E-state index contributed by atoms with van der Waals surface area (Å²) in [5, 5.41) is 12.3. The minimum Gasteiger partial charge on any atom is -0.399 e. The van der Waals surface area contributed by atoms with E-state index in [1.54, 1.807) is 17.0 Å². The molecule has 2 aromatic carbocycles. The SMILES string of the molecule is N#C/C(=C/N(c1ccccc1)c1ccc(N)cc1)C(=O)NCCCN1CCCC1=O. The van der Waals surface area contributed by atoms with Crippen LogP contribution < -0.4 is 16.0 Å². The van der Waals surface area contributed by atoms with Gasteiger partial charge in [0.15, 0.2) is 0 Å². The highest BCUT2D eigenvalue weighted by Crippen LogP contribution is 2.27. The summed E-state index contributed by atoms with van der Waals surface area (Å²) in [6.07, 6.45) is 3.68. The average Bonchev–Trinajstić information content (AvgIpc) is 3.18. The third-order valence-electron chi connectivity index (χ3n) is 4.89. The first-order valence-corrected chi connectivity index (χ1v) is 9.96. The number of hydrogen-bond donors (Lipinski definition) is 2. The number of nitrogen functional groups attached to an aromatic ring is 1. The lowest BCUT2D eigenvalue weighted by atomic mass is 10.2. The number of carbonyl (C=O) groups excluding carboxylic acids is 2. The van der Waals surface area contributed by atoms with Gasteiger partial charge in [0.2, 0.25) is 5.91 Å². The van der Waals surface area contributed by atoms with Crippen LogP contribution in [0.5, 0.6) is 0 Å². The molecule has 7 nitrogen and oxygen atoms in total. The minimum atomic E-state index is -0.443. The maximum atomic E-state index is 12.6. The Kier molecular flexibility index (Phi) is 7.06. The monoisotopic (exact) mass is 403 g/mol. The minimum absolute atomic E-state index is 0.00655. The van der Waals surface area contributed by atoms with Crippen LogP contribution in [0.4, 0.5) is 17.1 Å². The van der Waals surface area contributed by atoms with Gasteiger partial charge in [0.1, 0.15) is 11.6 Å². The van der Waals surface area contributed by atoms with Crippen molar-refractivity contribution in [1.29, 1.82) is 5.26 Å². The topological polar surface area (TPSA) is 102 Å². The Morgan fingerprint density at radius 2 is 1.87 bits per heavy atom. The highest BCUT2D eigenvalue weighted by molar-refractivity contribution is 5.98. The molecule has 2 aromatic rings. The van der Waals surface area contributed by atoms with E-state index in [0.717, 1.165) is 24.3 Å². The van der Waals surface area contributed by atoms with E-state index in [4.69, 9.17) is 5.73 Å². The molecule has 0 radical (unpaired) electrons. The number of carbonyl (C=O) groups is 2. The average molecular weight is 403 g/mol. The second kappa shape index (κ2) is 10.1. The molecule has 1 saturated heterocycles. The molecule has 30 heavy (non-hydrogen) atoms. The predicted molar refractivity (Wildman–Crippen MR) is 117 cm³/mol. The Hall–Kier alpha value is -3.79. The molecule has 0 aromatic heterocycles. The van der Waals surface area contributed by atoms with Crippen LogP contribution >= 0.6 is 0 Å². The quantitative estimate of drug-likeness (QED) is 0.305. The van der Waals surface area contributed by atoms with Crippen LogP contribution in [0.15, 0.2) is 66.4 Å². The molecule has 0 spiro atoms. The van der Waals surface area contributed by atoms with Gasteiger partial charge in [0, 0.05) is 49.3 Å². The molecule has 1 aliphatic heterocycles. The number of rotatable bonds is 8. The Labute approximate surface area is 176 Å². The number of nitrogens with one attached hydrogen (secondary N) is 1. The molecule has 0 bridgehead atoms. The molecule has 7 heteroatoms. The molecule has 0 saturated carbocycles. The van der Waals surface area contributed by atoms with Crippen LogP contribution in [0.25, 0.3) is 0 Å². The summed E-state index contributed by atoms with van der Waals surface area (Å²) < 4.78 is 0. The van der Waals surface area contributed by atoms with Crippen LogP contribution in [-0.2, 0) is 9.59 Å². The zero-order chi connectivity index (χ0) is 21.3. The maximum Gasteiger partial charge on any atom is 0.263 e. The molecule has 0 atom stereocenters. The van der Waals surface area contributed by atoms with E-state index in [9.17, 15) is 14.9 Å². The molecule has 2 amide bonds. The fourth-order valence-corrected chi connectivity index (χ4v) is 3.30. The van der Waals surface area contributed by atoms with Gasteiger partial charge in [-0.05, 0) is 49.2 Å². The lowest BCUT2D eigenvalue weighted by molar-refractivity contribution is -0.127. The molecule has 3 N–H and O–H groups in total. The summed E-state index contributed by atoms with van der Waals surface area (Å²) in [5.41, 5.74) is 8.01. The molecule has 154 valence electrons. The fraction of sp³-hybridized carbons (Fsp3) is 0.261. The van der Waals surface area contributed by atoms with Crippen molar-refractivity contribution in [3.05, 3.63) is 66.4 Å². The first kappa shape index (κ1) is 20.9. The van der Waals surface area contributed by atoms with Gasteiger partial charge in [-0.1, -0.05) is 18.2 Å². The van der Waals surface area contributed by atoms with E-state index in [0.29, 0.717) is 31.6 Å². The van der Waals surface area contributed by atoms with Crippen LogP contribution in [0.3, 0.4) is 0 Å². The van der Waals surface area contributed by atoms with Crippen molar-refractivity contribution in [2.24, 2.45) is 0 Å². The summed E-state index contributed by atoms with van der Waals surface area (Å²) in [6, 6.07) is 18.7. The first-order valence-electron chi connectivity index (χ1n) is 9.96. The van der Waals surface area contributed by atoms with Crippen molar-refractivity contribution in [1.82, 2.24) is 10.2 Å². The number of nitrogens with two attached hydrogens (primary N) is 1. The second-order valence-corrected chi connectivity index (χ2v) is 7.05. The largest absolute Gasteiger partial charge is 0.399 e. The van der Waals surface area contributed by atoms with Gasteiger partial charge in [0.25, 0.3) is 5.91 Å². The fourth-order valence-electron chi connectivity index (χ4n) is 3.30. The second-order valence-electron chi connectivity index (χ2n) is 7.05. The van der Waals surface area contributed by atoms with Gasteiger partial charge in [-0.2, -0.15) is 5.26 Å². The summed E-state index contributed by atoms with van der Waals surface area (Å²) in [4.78, 5) is 27.8. The highest BCUT2D eigenvalue weighted by Gasteiger charge is 2.19. The standard InChI is InChI=1S/C23H25N5O2/c24-16-18(23(30)26-13-5-15-27-14-4-8-22(27)29)17-28(20-6-2-1-3-7-20)21-11-9-19(25)10-12-21/h1-3,6-7,9-12,17H,4-5,8,13-15,25H2,(H,26,30)/b18-17-. The van der Waals surface area contributed by atoms with E-state index in [-0.39, 0.29) is 11.5 Å². The van der Waals surface area contributed by atoms with Gasteiger partial charge in [0.05, 0.1) is 0 Å². The van der Waals surface area contributed by atoms with Crippen LogP contribution in [0.2, 0.25) is 0 Å². The molecule has 1 heterocycles. The Bertz CT molecular complexity index is 948. The van der Waals surface area contributed by atoms with Gasteiger partial charge >= 0.3 is 0 Å². The molecule has 0 unspecified atom stereocenters. The van der Waals surface area contributed by atoms with Crippen LogP contribution in [0, 0.1) is 11.3 Å². The van der Waals surface area contributed by atoms with E-state index >= 15 is 0 Å². The van der Waals surface area contributed by atoms with Gasteiger partial charge in [-0.3, -0.25) is 9.59 Å². The normalized spacial score (nSPS) is 13.8. The summed E-state index contributed by atoms with van der Waals surface area (Å²) in [7, 11) is 0. The lowest BCUT2D eigenvalue weighted by Crippen LogP contribution is -2.31. The molecular formula is C23H25N5O2. The Balaban J connectivity index is 1.70. The molecule has 3 rings (SSSR count). The van der Waals surface area contributed by atoms with E-state index in [1.165, 1.54) is 6.20 Å². The number of likely N-dealkylation sites (tertiary alicyclic amines) is 1. The van der Waals surface area contributed by atoms with Crippen LogP contribution in [0.1, 0.15) is 19.3 Å². The molecule has 1 aliphatic rings. The summed E-state index contributed by atoms with van der Waals surface area (Å²) in [5.74, 6) is -0.275. The third kappa shape index (κ3) is 5.39. The number of nitrogens with zero attached hydrogens (tertiary/aromatic N) is 3. The Morgan fingerprint density at radius 1 is 1.17 bits per heavy atom. The highest BCUT2D eigenvalue weighted by atomic mass is 16.2.